The molecule has 0 saturated heterocycles. The second kappa shape index (κ2) is 6.93. The minimum Gasteiger partial charge on any atom is -0.480 e. The normalized spacial score (nSPS) is 9.82. The van der Waals surface area contributed by atoms with Gasteiger partial charge in [-0.25, -0.2) is 4.98 Å². The highest BCUT2D eigenvalue weighted by Crippen LogP contribution is 2.10. The Morgan fingerprint density at radius 2 is 1.77 bits per heavy atom. The number of anilines is 1. The molecule has 0 radical (unpaired) electrons. The van der Waals surface area contributed by atoms with E-state index in [1.54, 1.807) is 0 Å². The first-order chi connectivity index (χ1) is 10.6. The summed E-state index contributed by atoms with van der Waals surface area (Å²) < 4.78 is 0. The number of aromatic nitrogens is 2. The number of benzene rings is 1. The van der Waals surface area contributed by atoms with E-state index in [-0.39, 0.29) is 5.69 Å². The van der Waals surface area contributed by atoms with E-state index in [9.17, 15) is 14.4 Å². The number of carboxylic acid groups (broad SMARTS) is 1. The summed E-state index contributed by atoms with van der Waals surface area (Å²) in [5, 5.41) is 13.3. The zero-order valence-corrected chi connectivity index (χ0v) is 11.3. The van der Waals surface area contributed by atoms with Gasteiger partial charge < -0.3 is 15.7 Å². The fourth-order valence-electron chi connectivity index (χ4n) is 1.57. The van der Waals surface area contributed by atoms with Crippen LogP contribution in [0.2, 0.25) is 0 Å². The van der Waals surface area contributed by atoms with E-state index in [0.717, 1.165) is 0 Å². The number of carbonyl (C=O) groups is 3. The highest BCUT2D eigenvalue weighted by Gasteiger charge is 2.09. The summed E-state index contributed by atoms with van der Waals surface area (Å²) in [5.74, 6) is -2.05. The molecule has 1 aromatic heterocycles. The Morgan fingerprint density at radius 3 is 2.36 bits per heavy atom. The van der Waals surface area contributed by atoms with Crippen molar-refractivity contribution in [3.63, 3.8) is 0 Å². The lowest BCUT2D eigenvalue weighted by Gasteiger charge is -2.06. The Labute approximate surface area is 125 Å². The second-order valence-corrected chi connectivity index (χ2v) is 4.20. The van der Waals surface area contributed by atoms with Gasteiger partial charge in [-0.15, -0.1) is 0 Å². The average Bonchev–Trinajstić information content (AvgIpc) is 2.54. The average molecular weight is 300 g/mol. The molecule has 2 amide bonds. The van der Waals surface area contributed by atoms with Crippen LogP contribution in [0.25, 0.3) is 0 Å². The van der Waals surface area contributed by atoms with Crippen LogP contribution in [0.1, 0.15) is 20.8 Å². The second-order valence-electron chi connectivity index (χ2n) is 4.20. The van der Waals surface area contributed by atoms with Crippen LogP contribution in [-0.2, 0) is 4.79 Å². The Bertz CT molecular complexity index is 686. The third-order valence-corrected chi connectivity index (χ3v) is 2.60. The van der Waals surface area contributed by atoms with Crippen molar-refractivity contribution in [3.05, 3.63) is 54.1 Å². The van der Waals surface area contributed by atoms with E-state index in [0.29, 0.717) is 11.3 Å². The standard InChI is InChI=1S/C14H12N4O4/c19-12(20)8-17-13(21)9-1-3-10(4-2-9)18-14(22)11-7-15-5-6-16-11/h1-7H,8H2,(H,17,21)(H,18,22)(H,19,20). The Hall–Kier alpha value is -3.29. The first-order valence-corrected chi connectivity index (χ1v) is 6.23. The van der Waals surface area contributed by atoms with Crippen LogP contribution >= 0.6 is 0 Å². The van der Waals surface area contributed by atoms with Crippen molar-refractivity contribution in [2.24, 2.45) is 0 Å². The highest BCUT2D eigenvalue weighted by molar-refractivity contribution is 6.03. The van der Waals surface area contributed by atoms with Crippen LogP contribution in [0.4, 0.5) is 5.69 Å². The van der Waals surface area contributed by atoms with Crippen LogP contribution in [0, 0.1) is 0 Å². The van der Waals surface area contributed by atoms with Crippen molar-refractivity contribution < 1.29 is 19.5 Å². The van der Waals surface area contributed by atoms with E-state index in [1.807, 2.05) is 0 Å². The van der Waals surface area contributed by atoms with Gasteiger partial charge in [0.15, 0.2) is 0 Å². The highest BCUT2D eigenvalue weighted by atomic mass is 16.4. The first kappa shape index (κ1) is 15.1. The zero-order chi connectivity index (χ0) is 15.9. The Kier molecular flexibility index (Phi) is 4.76. The number of nitrogens with zero attached hydrogens (tertiary/aromatic N) is 2. The fourth-order valence-corrected chi connectivity index (χ4v) is 1.57. The molecule has 0 atom stereocenters. The molecule has 0 fully saturated rings. The number of nitrogens with one attached hydrogen (secondary N) is 2. The number of amides is 2. The molecular weight excluding hydrogens is 288 g/mol. The Morgan fingerprint density at radius 1 is 1.05 bits per heavy atom. The molecule has 8 nitrogen and oxygen atoms in total. The van der Waals surface area contributed by atoms with Crippen molar-refractivity contribution in [1.29, 1.82) is 0 Å². The van der Waals surface area contributed by atoms with Gasteiger partial charge in [0.2, 0.25) is 0 Å². The molecule has 0 bridgehead atoms. The molecule has 1 aromatic carbocycles. The number of rotatable bonds is 5. The zero-order valence-electron chi connectivity index (χ0n) is 11.3. The van der Waals surface area contributed by atoms with Gasteiger partial charge in [-0.05, 0) is 24.3 Å². The smallest absolute Gasteiger partial charge is 0.322 e. The fraction of sp³-hybridized carbons (Fsp3) is 0.0714. The number of aliphatic carboxylic acids is 1. The van der Waals surface area contributed by atoms with Gasteiger partial charge in [0.05, 0.1) is 6.20 Å². The van der Waals surface area contributed by atoms with Gasteiger partial charge in [-0.2, -0.15) is 0 Å². The Balaban J connectivity index is 1.98. The van der Waals surface area contributed by atoms with E-state index in [4.69, 9.17) is 5.11 Å². The number of carbonyl (C=O) groups excluding carboxylic acids is 2. The predicted molar refractivity (Wildman–Crippen MR) is 76.4 cm³/mol. The number of hydrogen-bond donors (Lipinski definition) is 3. The largest absolute Gasteiger partial charge is 0.480 e. The van der Waals surface area contributed by atoms with Crippen LogP contribution in [0.3, 0.4) is 0 Å². The third kappa shape index (κ3) is 4.10. The minimum absolute atomic E-state index is 0.172. The molecule has 3 N–H and O–H groups in total. The van der Waals surface area contributed by atoms with Gasteiger partial charge in [-0.1, -0.05) is 0 Å². The monoisotopic (exact) mass is 300 g/mol. The van der Waals surface area contributed by atoms with E-state index in [2.05, 4.69) is 20.6 Å². The van der Waals surface area contributed by atoms with Crippen LogP contribution in [-0.4, -0.2) is 39.4 Å². The minimum atomic E-state index is -1.12. The quantitative estimate of drug-likeness (QED) is 0.741. The van der Waals surface area contributed by atoms with E-state index in [1.165, 1.54) is 42.9 Å². The molecule has 112 valence electrons. The van der Waals surface area contributed by atoms with Crippen molar-refractivity contribution in [3.8, 4) is 0 Å². The molecule has 0 aliphatic heterocycles. The van der Waals surface area contributed by atoms with Gasteiger partial charge in [0.25, 0.3) is 11.8 Å². The molecule has 22 heavy (non-hydrogen) atoms. The lowest BCUT2D eigenvalue weighted by atomic mass is 10.2. The number of hydrogen-bond acceptors (Lipinski definition) is 5. The van der Waals surface area contributed by atoms with E-state index < -0.39 is 24.3 Å². The molecule has 0 spiro atoms. The molecule has 8 heteroatoms. The van der Waals surface area contributed by atoms with Crippen molar-refractivity contribution in [2.45, 2.75) is 0 Å². The molecule has 2 aromatic rings. The van der Waals surface area contributed by atoms with Crippen LogP contribution in [0.15, 0.2) is 42.9 Å². The molecule has 0 aliphatic rings. The number of carboxylic acids is 1. The first-order valence-electron chi connectivity index (χ1n) is 6.23. The topological polar surface area (TPSA) is 121 Å². The maximum atomic E-state index is 11.9. The van der Waals surface area contributed by atoms with Gasteiger partial charge in [0.1, 0.15) is 12.2 Å². The molecule has 2 rings (SSSR count). The molecule has 0 saturated carbocycles. The summed E-state index contributed by atoms with van der Waals surface area (Å²) in [6, 6.07) is 6.01. The summed E-state index contributed by atoms with van der Waals surface area (Å²) in [6.45, 7) is -0.454. The summed E-state index contributed by atoms with van der Waals surface area (Å²) in [6.07, 6.45) is 4.20. The lowest BCUT2D eigenvalue weighted by Crippen LogP contribution is -2.29. The SMILES string of the molecule is O=C(O)CNC(=O)c1ccc(NC(=O)c2cnccn2)cc1. The summed E-state index contributed by atoms with van der Waals surface area (Å²) in [7, 11) is 0. The van der Waals surface area contributed by atoms with Crippen LogP contribution in [0.5, 0.6) is 0 Å². The van der Waals surface area contributed by atoms with Gasteiger partial charge in [0, 0.05) is 23.6 Å². The maximum absolute atomic E-state index is 11.9. The van der Waals surface area contributed by atoms with Crippen LogP contribution < -0.4 is 10.6 Å². The van der Waals surface area contributed by atoms with Crippen molar-refractivity contribution in [1.82, 2.24) is 15.3 Å². The third-order valence-electron chi connectivity index (χ3n) is 2.60. The van der Waals surface area contributed by atoms with Gasteiger partial charge in [-0.3, -0.25) is 19.4 Å². The summed E-state index contributed by atoms with van der Waals surface area (Å²) in [4.78, 5) is 41.5. The van der Waals surface area contributed by atoms with Crippen molar-refractivity contribution in [2.75, 3.05) is 11.9 Å². The summed E-state index contributed by atoms with van der Waals surface area (Å²) >= 11 is 0. The van der Waals surface area contributed by atoms with Gasteiger partial charge >= 0.3 is 5.97 Å². The molecule has 1 heterocycles. The lowest BCUT2D eigenvalue weighted by molar-refractivity contribution is -0.135. The van der Waals surface area contributed by atoms with E-state index >= 15 is 0 Å². The molecular formula is C14H12N4O4. The van der Waals surface area contributed by atoms with Crippen molar-refractivity contribution >= 4 is 23.5 Å². The molecule has 0 unspecified atom stereocenters. The molecule has 0 aliphatic carbocycles. The predicted octanol–water partition coefficient (Wildman–Crippen LogP) is 0.543. The maximum Gasteiger partial charge on any atom is 0.322 e. The summed E-state index contributed by atoms with van der Waals surface area (Å²) in [5.41, 5.74) is 0.940.